The molecule has 24 heavy (non-hydrogen) atoms. The van der Waals surface area contributed by atoms with Crippen LogP contribution in [0, 0.1) is 0 Å². The Morgan fingerprint density at radius 3 is 2.08 bits per heavy atom. The van der Waals surface area contributed by atoms with Gasteiger partial charge in [-0.25, -0.2) is 0 Å². The van der Waals surface area contributed by atoms with Gasteiger partial charge in [-0.3, -0.25) is 19.2 Å². The number of hydrogen-bond donors (Lipinski definition) is 1. The maximum absolute atomic E-state index is 12.3. The highest BCUT2D eigenvalue weighted by Gasteiger charge is 2.51. The summed E-state index contributed by atoms with van der Waals surface area (Å²) in [6, 6.07) is 7.76. The lowest BCUT2D eigenvalue weighted by atomic mass is 9.74. The number of benzene rings is 1. The summed E-state index contributed by atoms with van der Waals surface area (Å²) in [7, 11) is 0. The number of rotatable bonds is 1. The molecule has 0 bridgehead atoms. The first-order chi connectivity index (χ1) is 11.4. The Labute approximate surface area is 144 Å². The number of carbonyl (C=O) groups is 4. The number of Topliss-reactive ketones (excluding diaryl/α,β-unsaturated/α-hetero) is 3. The maximum atomic E-state index is 12.3. The molecule has 3 rings (SSSR count). The maximum Gasteiger partial charge on any atom is 0.296 e. The number of halogens is 1. The molecule has 0 radical (unpaired) electrons. The Hall–Kier alpha value is -2.01. The zero-order valence-corrected chi connectivity index (χ0v) is 13.9. The summed E-state index contributed by atoms with van der Waals surface area (Å²) >= 11 is 5.92. The van der Waals surface area contributed by atoms with E-state index in [0.29, 0.717) is 36.6 Å². The third kappa shape index (κ3) is 3.00. The fourth-order valence-electron chi connectivity index (χ4n) is 3.74. The molecule has 0 atom stereocenters. The number of piperidine rings is 1. The van der Waals surface area contributed by atoms with Crippen LogP contribution in [0.25, 0.3) is 0 Å². The zero-order valence-electron chi connectivity index (χ0n) is 13.1. The summed E-state index contributed by atoms with van der Waals surface area (Å²) in [6.07, 6.45) is 3.88. The van der Waals surface area contributed by atoms with Gasteiger partial charge in [-0.15, -0.1) is 0 Å². The second kappa shape index (κ2) is 6.48. The molecule has 1 heterocycles. The number of hydrogen-bond acceptors (Lipinski definition) is 4. The number of carbonyl (C=O) groups excluding carboxylic acids is 4. The van der Waals surface area contributed by atoms with Crippen LogP contribution < -0.4 is 5.32 Å². The third-order valence-electron chi connectivity index (χ3n) is 5.06. The summed E-state index contributed by atoms with van der Waals surface area (Å²) in [6.45, 7) is 0. The second-order valence-electron chi connectivity index (χ2n) is 6.56. The molecule has 1 aliphatic carbocycles. The smallest absolute Gasteiger partial charge is 0.296 e. The van der Waals surface area contributed by atoms with E-state index < -0.39 is 28.8 Å². The highest BCUT2D eigenvalue weighted by atomic mass is 35.5. The van der Waals surface area contributed by atoms with Crippen molar-refractivity contribution in [3.63, 3.8) is 0 Å². The van der Waals surface area contributed by atoms with Gasteiger partial charge in [0.1, 0.15) is 5.54 Å². The van der Waals surface area contributed by atoms with Crippen molar-refractivity contribution in [1.29, 1.82) is 0 Å². The fraction of sp³-hybridized carbons (Fsp3) is 0.444. The molecular formula is C18H18ClNO4. The van der Waals surface area contributed by atoms with Gasteiger partial charge in [-0.1, -0.05) is 36.6 Å². The Morgan fingerprint density at radius 2 is 1.50 bits per heavy atom. The lowest BCUT2D eigenvalue weighted by Gasteiger charge is -2.37. The topological polar surface area (TPSA) is 80.3 Å². The normalized spacial score (nSPS) is 28.5. The quantitative estimate of drug-likeness (QED) is 0.791. The van der Waals surface area contributed by atoms with Gasteiger partial charge in [0.2, 0.25) is 5.78 Å². The third-order valence-corrected chi connectivity index (χ3v) is 5.31. The SMILES string of the molecule is O=C1NC2(CCCC(c3ccc(Cl)cc3)CCC2)C(=O)C(=O)C1=O. The summed E-state index contributed by atoms with van der Waals surface area (Å²) in [5.74, 6) is -3.75. The first-order valence-corrected chi connectivity index (χ1v) is 8.52. The Bertz CT molecular complexity index is 700. The van der Waals surface area contributed by atoms with E-state index in [9.17, 15) is 19.2 Å². The van der Waals surface area contributed by atoms with Crippen LogP contribution in [0.15, 0.2) is 24.3 Å². The monoisotopic (exact) mass is 347 g/mol. The number of ketones is 3. The molecule has 0 aromatic heterocycles. The fourth-order valence-corrected chi connectivity index (χ4v) is 3.87. The Balaban J connectivity index is 1.73. The van der Waals surface area contributed by atoms with Crippen LogP contribution in [0.3, 0.4) is 0 Å². The van der Waals surface area contributed by atoms with Crippen LogP contribution in [0.2, 0.25) is 5.02 Å². The average Bonchev–Trinajstić information content (AvgIpc) is 2.55. The minimum Gasteiger partial charge on any atom is -0.336 e. The Kier molecular flexibility index (Phi) is 4.54. The van der Waals surface area contributed by atoms with Crippen LogP contribution in [0.4, 0.5) is 0 Å². The van der Waals surface area contributed by atoms with Crippen LogP contribution in [0.1, 0.15) is 50.0 Å². The molecule has 1 saturated carbocycles. The summed E-state index contributed by atoms with van der Waals surface area (Å²) < 4.78 is 0. The van der Waals surface area contributed by atoms with E-state index in [1.165, 1.54) is 5.56 Å². The van der Waals surface area contributed by atoms with E-state index in [4.69, 9.17) is 11.6 Å². The largest absolute Gasteiger partial charge is 0.336 e. The van der Waals surface area contributed by atoms with Crippen molar-refractivity contribution in [2.45, 2.75) is 50.0 Å². The highest BCUT2D eigenvalue weighted by Crippen LogP contribution is 2.36. The van der Waals surface area contributed by atoms with E-state index >= 15 is 0 Å². The minimum atomic E-state index is -1.24. The summed E-state index contributed by atoms with van der Waals surface area (Å²) in [4.78, 5) is 47.1. The van der Waals surface area contributed by atoms with E-state index in [0.717, 1.165) is 12.8 Å². The van der Waals surface area contributed by atoms with Crippen LogP contribution in [0.5, 0.6) is 0 Å². The van der Waals surface area contributed by atoms with Gasteiger partial charge in [-0.2, -0.15) is 0 Å². The predicted molar refractivity (Wildman–Crippen MR) is 87.8 cm³/mol. The van der Waals surface area contributed by atoms with Crippen LogP contribution >= 0.6 is 11.6 Å². The molecule has 1 spiro atoms. The molecule has 2 fully saturated rings. The lowest BCUT2D eigenvalue weighted by molar-refractivity contribution is -0.156. The summed E-state index contributed by atoms with van der Waals surface area (Å²) in [5.41, 5.74) is 0.0214. The van der Waals surface area contributed by atoms with Crippen molar-refractivity contribution in [3.8, 4) is 0 Å². The number of nitrogens with one attached hydrogen (secondary N) is 1. The van der Waals surface area contributed by atoms with Gasteiger partial charge in [0.25, 0.3) is 17.5 Å². The first kappa shape index (κ1) is 16.8. The zero-order chi connectivity index (χ0) is 17.3. The van der Waals surface area contributed by atoms with Crippen molar-refractivity contribution in [1.82, 2.24) is 5.32 Å². The summed E-state index contributed by atoms with van der Waals surface area (Å²) in [5, 5.41) is 3.21. The van der Waals surface area contributed by atoms with Gasteiger partial charge < -0.3 is 5.32 Å². The van der Waals surface area contributed by atoms with Gasteiger partial charge in [0.05, 0.1) is 0 Å². The van der Waals surface area contributed by atoms with Crippen molar-refractivity contribution < 1.29 is 19.2 Å². The molecular weight excluding hydrogens is 330 g/mol. The average molecular weight is 348 g/mol. The molecule has 0 unspecified atom stereocenters. The Morgan fingerprint density at radius 1 is 0.917 bits per heavy atom. The van der Waals surface area contributed by atoms with E-state index in [2.05, 4.69) is 5.32 Å². The molecule has 1 aromatic rings. The second-order valence-corrected chi connectivity index (χ2v) is 6.99. The van der Waals surface area contributed by atoms with Crippen LogP contribution in [-0.4, -0.2) is 28.8 Å². The molecule has 1 saturated heterocycles. The van der Waals surface area contributed by atoms with Crippen molar-refractivity contribution >= 4 is 34.9 Å². The van der Waals surface area contributed by atoms with E-state index in [-0.39, 0.29) is 0 Å². The molecule has 2 aliphatic rings. The molecule has 1 aliphatic heterocycles. The highest BCUT2D eigenvalue weighted by molar-refractivity contribution is 6.80. The van der Waals surface area contributed by atoms with E-state index in [1.54, 1.807) is 0 Å². The van der Waals surface area contributed by atoms with Gasteiger partial charge in [-0.05, 0) is 49.3 Å². The van der Waals surface area contributed by atoms with Crippen LogP contribution in [-0.2, 0) is 19.2 Å². The molecule has 1 N–H and O–H groups in total. The van der Waals surface area contributed by atoms with E-state index in [1.807, 2.05) is 24.3 Å². The standard InChI is InChI=1S/C18H18ClNO4/c19-13-7-5-12(6-8-13)11-3-1-9-18(10-2-4-11)16(23)14(21)15(22)17(24)20-18/h5-8,11H,1-4,9-10H2,(H,20,24). The number of amides is 1. The van der Waals surface area contributed by atoms with Crippen molar-refractivity contribution in [3.05, 3.63) is 34.9 Å². The first-order valence-electron chi connectivity index (χ1n) is 8.14. The predicted octanol–water partition coefficient (Wildman–Crippen LogP) is 2.35. The molecule has 1 aromatic carbocycles. The van der Waals surface area contributed by atoms with Gasteiger partial charge in [0.15, 0.2) is 0 Å². The van der Waals surface area contributed by atoms with Gasteiger partial charge in [0, 0.05) is 5.02 Å². The molecule has 6 heteroatoms. The molecule has 1 amide bonds. The van der Waals surface area contributed by atoms with Crippen molar-refractivity contribution in [2.24, 2.45) is 0 Å². The minimum absolute atomic E-state index is 0.367. The lowest BCUT2D eigenvalue weighted by Crippen LogP contribution is -2.65. The van der Waals surface area contributed by atoms with Gasteiger partial charge >= 0.3 is 0 Å². The molecule has 126 valence electrons. The van der Waals surface area contributed by atoms with Crippen molar-refractivity contribution in [2.75, 3.05) is 0 Å². The molecule has 5 nitrogen and oxygen atoms in total.